The monoisotopic (exact) mass is 384 g/mol. The van der Waals surface area contributed by atoms with E-state index in [1.807, 2.05) is 22.4 Å². The molecule has 0 radical (unpaired) electrons. The first-order valence-corrected chi connectivity index (χ1v) is 10.8. The Balaban J connectivity index is 1.29. The van der Waals surface area contributed by atoms with Gasteiger partial charge in [-0.3, -0.25) is 9.59 Å². The highest BCUT2D eigenvalue weighted by molar-refractivity contribution is 7.12. The van der Waals surface area contributed by atoms with Gasteiger partial charge in [0.1, 0.15) is 6.04 Å². The van der Waals surface area contributed by atoms with Gasteiger partial charge in [0, 0.05) is 18.1 Å². The van der Waals surface area contributed by atoms with Gasteiger partial charge in [-0.05, 0) is 61.8 Å². The molecule has 1 aliphatic carbocycles. The van der Waals surface area contributed by atoms with Crippen LogP contribution in [-0.2, 0) is 4.79 Å². The number of fused-ring (bicyclic) bond motifs is 3. The Labute approximate surface area is 162 Å². The van der Waals surface area contributed by atoms with E-state index < -0.39 is 6.04 Å². The van der Waals surface area contributed by atoms with Crippen LogP contribution in [-0.4, -0.2) is 51.8 Å². The van der Waals surface area contributed by atoms with E-state index in [2.05, 4.69) is 6.07 Å². The fourth-order valence-corrected chi connectivity index (χ4v) is 6.30. The van der Waals surface area contributed by atoms with Gasteiger partial charge in [0.05, 0.1) is 17.0 Å². The van der Waals surface area contributed by atoms with Crippen molar-refractivity contribution in [3.63, 3.8) is 0 Å². The van der Waals surface area contributed by atoms with Crippen LogP contribution >= 0.6 is 11.3 Å². The molecule has 2 bridgehead atoms. The van der Waals surface area contributed by atoms with Crippen LogP contribution in [0.15, 0.2) is 17.5 Å². The minimum atomic E-state index is -0.553. The zero-order valence-corrected chi connectivity index (χ0v) is 16.0. The van der Waals surface area contributed by atoms with Crippen molar-refractivity contribution in [3.8, 4) is 6.07 Å². The molecular weight excluding hydrogens is 360 g/mol. The Morgan fingerprint density at radius 1 is 1.19 bits per heavy atom. The molecule has 4 aliphatic rings. The summed E-state index contributed by atoms with van der Waals surface area (Å²) in [7, 11) is 0. The third-order valence-electron chi connectivity index (χ3n) is 7.04. The molecule has 3 aliphatic heterocycles. The van der Waals surface area contributed by atoms with Gasteiger partial charge in [-0.2, -0.15) is 5.26 Å². The number of hydrogen-bond acceptors (Lipinski definition) is 5. The average Bonchev–Trinajstić information content (AvgIpc) is 3.03. The van der Waals surface area contributed by atoms with E-state index in [0.29, 0.717) is 5.92 Å². The number of nitrogens with two attached hydrogens (primary N) is 1. The highest BCUT2D eigenvalue weighted by Gasteiger charge is 2.56. The molecule has 0 aromatic carbocycles. The van der Waals surface area contributed by atoms with E-state index in [0.717, 1.165) is 43.4 Å². The molecule has 5 unspecified atom stereocenters. The van der Waals surface area contributed by atoms with Crippen molar-refractivity contribution in [2.75, 3.05) is 0 Å². The van der Waals surface area contributed by atoms with E-state index in [1.54, 1.807) is 4.90 Å². The van der Waals surface area contributed by atoms with Gasteiger partial charge in [-0.25, -0.2) is 0 Å². The topological polar surface area (TPSA) is 90.4 Å². The molecule has 7 atom stereocenters. The summed E-state index contributed by atoms with van der Waals surface area (Å²) in [6, 6.07) is 5.82. The standard InChI is InChI=1S/C20H24N4O2S/c21-10-15-6-11-9-16(11)24(15)20(26)18(22)12-7-13-3-4-14(8-12)23(13)19(25)17-2-1-5-27-17/h1-2,5,11-16,18H,3-4,6-9,22H2/t11?,12?,13-,14?,15?,16?,18-/m0/s1. The number of nitrogens with zero attached hydrogens (tertiary/aromatic N) is 3. The summed E-state index contributed by atoms with van der Waals surface area (Å²) in [5.41, 5.74) is 6.44. The van der Waals surface area contributed by atoms with Crippen LogP contribution in [0.25, 0.3) is 0 Å². The number of carbonyl (C=O) groups is 2. The summed E-state index contributed by atoms with van der Waals surface area (Å²) in [5, 5.41) is 11.3. The number of likely N-dealkylation sites (tertiary alicyclic amines) is 1. The lowest BCUT2D eigenvalue weighted by Gasteiger charge is -2.41. The maximum atomic E-state index is 13.1. The molecule has 6 nitrogen and oxygen atoms in total. The number of piperidine rings is 2. The summed E-state index contributed by atoms with van der Waals surface area (Å²) in [6.07, 6.45) is 5.40. The zero-order valence-electron chi connectivity index (χ0n) is 15.2. The number of thiophene rings is 1. The maximum Gasteiger partial charge on any atom is 0.264 e. The lowest BCUT2D eigenvalue weighted by atomic mass is 9.84. The lowest BCUT2D eigenvalue weighted by molar-refractivity contribution is -0.135. The summed E-state index contributed by atoms with van der Waals surface area (Å²) >= 11 is 1.49. The van der Waals surface area contributed by atoms with Crippen LogP contribution in [0.4, 0.5) is 0 Å². The third-order valence-corrected chi connectivity index (χ3v) is 7.89. The predicted octanol–water partition coefficient (Wildman–Crippen LogP) is 1.97. The minimum absolute atomic E-state index is 0.0472. The second-order valence-corrected chi connectivity index (χ2v) is 9.47. The lowest BCUT2D eigenvalue weighted by Crippen LogP contribution is -2.55. The van der Waals surface area contributed by atoms with Gasteiger partial charge < -0.3 is 15.5 Å². The van der Waals surface area contributed by atoms with E-state index >= 15 is 0 Å². The second kappa shape index (κ2) is 6.32. The normalized spacial score (nSPS) is 37.6. The van der Waals surface area contributed by atoms with Crippen molar-refractivity contribution in [2.45, 2.75) is 68.7 Å². The molecule has 2 N–H and O–H groups in total. The molecular formula is C20H24N4O2S. The van der Waals surface area contributed by atoms with Crippen molar-refractivity contribution in [1.29, 1.82) is 5.26 Å². The van der Waals surface area contributed by atoms with Crippen molar-refractivity contribution >= 4 is 23.2 Å². The van der Waals surface area contributed by atoms with Crippen LogP contribution < -0.4 is 5.73 Å². The summed E-state index contributed by atoms with van der Waals surface area (Å²) in [6.45, 7) is 0. The first-order chi connectivity index (χ1) is 13.1. The Kier molecular flexibility index (Phi) is 4.03. The first-order valence-electron chi connectivity index (χ1n) is 9.92. The minimum Gasteiger partial charge on any atom is -0.332 e. The molecule has 1 aromatic rings. The fourth-order valence-electron chi connectivity index (χ4n) is 5.63. The van der Waals surface area contributed by atoms with Crippen LogP contribution in [0.1, 0.15) is 48.2 Å². The average molecular weight is 385 g/mol. The molecule has 142 valence electrons. The number of rotatable bonds is 3. The Bertz CT molecular complexity index is 789. The van der Waals surface area contributed by atoms with E-state index in [9.17, 15) is 14.9 Å². The van der Waals surface area contributed by atoms with Crippen LogP contribution in [0.5, 0.6) is 0 Å². The maximum absolute atomic E-state index is 13.1. The Morgan fingerprint density at radius 3 is 2.56 bits per heavy atom. The Morgan fingerprint density at radius 2 is 1.93 bits per heavy atom. The van der Waals surface area contributed by atoms with Gasteiger partial charge in [0.15, 0.2) is 0 Å². The molecule has 4 heterocycles. The Hall–Kier alpha value is -1.91. The van der Waals surface area contributed by atoms with Crippen LogP contribution in [0, 0.1) is 23.2 Å². The summed E-state index contributed by atoms with van der Waals surface area (Å²) < 4.78 is 0. The van der Waals surface area contributed by atoms with Crippen molar-refractivity contribution < 1.29 is 9.59 Å². The number of carbonyl (C=O) groups excluding carboxylic acids is 2. The van der Waals surface area contributed by atoms with Gasteiger partial charge in [0.2, 0.25) is 5.91 Å². The molecule has 7 heteroatoms. The highest BCUT2D eigenvalue weighted by Crippen LogP contribution is 2.48. The van der Waals surface area contributed by atoms with Crippen LogP contribution in [0.2, 0.25) is 0 Å². The number of amides is 2. The molecule has 3 saturated heterocycles. The van der Waals surface area contributed by atoms with E-state index in [-0.39, 0.29) is 41.9 Å². The van der Waals surface area contributed by atoms with Gasteiger partial charge in [0.25, 0.3) is 5.91 Å². The van der Waals surface area contributed by atoms with Crippen molar-refractivity contribution in [3.05, 3.63) is 22.4 Å². The van der Waals surface area contributed by atoms with Gasteiger partial charge in [-0.1, -0.05) is 6.07 Å². The quantitative estimate of drug-likeness (QED) is 0.863. The summed E-state index contributed by atoms with van der Waals surface area (Å²) in [5.74, 6) is 0.682. The number of hydrogen-bond donors (Lipinski definition) is 1. The van der Waals surface area contributed by atoms with Gasteiger partial charge >= 0.3 is 0 Å². The summed E-state index contributed by atoms with van der Waals surface area (Å²) in [4.78, 5) is 30.5. The predicted molar refractivity (Wildman–Crippen MR) is 101 cm³/mol. The SMILES string of the molecule is N#CC1CC2CC2N1C(=O)[C@@H](N)C1CC2CC[C@@H](C1)N2C(=O)c1cccs1. The molecule has 4 fully saturated rings. The molecule has 5 rings (SSSR count). The molecule has 0 spiro atoms. The van der Waals surface area contributed by atoms with Gasteiger partial charge in [-0.15, -0.1) is 11.3 Å². The van der Waals surface area contributed by atoms with Crippen molar-refractivity contribution in [2.24, 2.45) is 17.6 Å². The fraction of sp³-hybridized carbons (Fsp3) is 0.650. The smallest absolute Gasteiger partial charge is 0.264 e. The number of nitriles is 1. The van der Waals surface area contributed by atoms with Crippen LogP contribution in [0.3, 0.4) is 0 Å². The molecule has 1 aromatic heterocycles. The zero-order chi connectivity index (χ0) is 18.7. The molecule has 2 amide bonds. The first kappa shape index (κ1) is 17.2. The molecule has 27 heavy (non-hydrogen) atoms. The van der Waals surface area contributed by atoms with Crippen molar-refractivity contribution in [1.82, 2.24) is 9.80 Å². The highest BCUT2D eigenvalue weighted by atomic mass is 32.1. The second-order valence-electron chi connectivity index (χ2n) is 8.52. The van der Waals surface area contributed by atoms with E-state index in [1.165, 1.54) is 11.3 Å². The largest absolute Gasteiger partial charge is 0.332 e. The van der Waals surface area contributed by atoms with E-state index in [4.69, 9.17) is 5.73 Å². The molecule has 1 saturated carbocycles. The third kappa shape index (κ3) is 2.69.